The van der Waals surface area contributed by atoms with Crippen LogP contribution in [0.3, 0.4) is 0 Å². The Morgan fingerprint density at radius 2 is 1.85 bits per heavy atom. The van der Waals surface area contributed by atoms with Gasteiger partial charge in [-0.05, 0) is 68.7 Å². The molecular formula is C17H24N2O. The Morgan fingerprint density at radius 1 is 1.10 bits per heavy atom. The zero-order valence-electron chi connectivity index (χ0n) is 12.3. The van der Waals surface area contributed by atoms with Gasteiger partial charge >= 0.3 is 0 Å². The number of amides is 1. The molecule has 1 fully saturated rings. The third kappa shape index (κ3) is 2.82. The summed E-state index contributed by atoms with van der Waals surface area (Å²) in [6, 6.07) is 6.42. The fourth-order valence-electron chi connectivity index (χ4n) is 3.36. The molecule has 1 saturated heterocycles. The number of hydrogen-bond donors (Lipinski definition) is 1. The first-order valence-electron chi connectivity index (χ1n) is 7.91. The van der Waals surface area contributed by atoms with E-state index in [2.05, 4.69) is 23.5 Å². The van der Waals surface area contributed by atoms with Crippen LogP contribution in [0.1, 0.15) is 43.7 Å². The molecule has 0 spiro atoms. The number of carbonyl (C=O) groups excluding carboxylic acids is 1. The highest BCUT2D eigenvalue weighted by Crippen LogP contribution is 2.25. The number of benzene rings is 1. The van der Waals surface area contributed by atoms with Crippen molar-refractivity contribution >= 4 is 11.6 Å². The number of nitrogens with one attached hydrogen (secondary N) is 1. The first-order valence-corrected chi connectivity index (χ1v) is 7.91. The van der Waals surface area contributed by atoms with Crippen LogP contribution in [0.5, 0.6) is 0 Å². The van der Waals surface area contributed by atoms with Crippen LogP contribution in [0.2, 0.25) is 0 Å². The van der Waals surface area contributed by atoms with E-state index in [0.29, 0.717) is 0 Å². The van der Waals surface area contributed by atoms with Crippen molar-refractivity contribution in [1.29, 1.82) is 0 Å². The number of nitrogens with zero attached hydrogens (tertiary/aromatic N) is 1. The summed E-state index contributed by atoms with van der Waals surface area (Å²) in [5.41, 5.74) is 4.02. The molecule has 20 heavy (non-hydrogen) atoms. The van der Waals surface area contributed by atoms with Crippen molar-refractivity contribution < 1.29 is 4.79 Å². The Kier molecular flexibility index (Phi) is 3.95. The molecule has 0 radical (unpaired) electrons. The van der Waals surface area contributed by atoms with E-state index in [-0.39, 0.29) is 11.9 Å². The summed E-state index contributed by atoms with van der Waals surface area (Å²) in [7, 11) is 0. The molecule has 1 heterocycles. The molecule has 2 aliphatic rings. The monoisotopic (exact) mass is 272 g/mol. The number of likely N-dealkylation sites (tertiary alicyclic amines) is 1. The van der Waals surface area contributed by atoms with Crippen LogP contribution in [-0.2, 0) is 17.6 Å². The summed E-state index contributed by atoms with van der Waals surface area (Å²) in [4.78, 5) is 14.4. The number of rotatable bonds is 3. The second kappa shape index (κ2) is 5.86. The molecule has 0 bridgehead atoms. The zero-order valence-corrected chi connectivity index (χ0v) is 12.3. The molecule has 3 heteroatoms. The van der Waals surface area contributed by atoms with Gasteiger partial charge in [-0.1, -0.05) is 6.07 Å². The third-order valence-corrected chi connectivity index (χ3v) is 4.52. The molecule has 1 aromatic carbocycles. The summed E-state index contributed by atoms with van der Waals surface area (Å²) in [5.74, 6) is 0.241. The average Bonchev–Trinajstić information content (AvgIpc) is 2.95. The van der Waals surface area contributed by atoms with E-state index in [0.717, 1.165) is 31.6 Å². The van der Waals surface area contributed by atoms with Crippen molar-refractivity contribution in [3.63, 3.8) is 0 Å². The van der Waals surface area contributed by atoms with Gasteiger partial charge in [0.05, 0.1) is 0 Å². The zero-order chi connectivity index (χ0) is 13.9. The molecule has 1 amide bonds. The van der Waals surface area contributed by atoms with Crippen LogP contribution in [0.4, 0.5) is 5.69 Å². The molecule has 3 nitrogen and oxygen atoms in total. The predicted molar refractivity (Wildman–Crippen MR) is 82.0 cm³/mol. The van der Waals surface area contributed by atoms with Crippen LogP contribution >= 0.6 is 0 Å². The molecule has 1 aromatic rings. The topological polar surface area (TPSA) is 32.3 Å². The molecule has 1 unspecified atom stereocenters. The minimum absolute atomic E-state index is 0.132. The van der Waals surface area contributed by atoms with Gasteiger partial charge in [-0.25, -0.2) is 0 Å². The second-order valence-electron chi connectivity index (χ2n) is 6.09. The van der Waals surface area contributed by atoms with Gasteiger partial charge in [0.25, 0.3) is 0 Å². The van der Waals surface area contributed by atoms with Gasteiger partial charge in [0.15, 0.2) is 0 Å². The fourth-order valence-corrected chi connectivity index (χ4v) is 3.36. The summed E-state index contributed by atoms with van der Waals surface area (Å²) >= 11 is 0. The fraction of sp³-hybridized carbons (Fsp3) is 0.588. The molecule has 1 N–H and O–H groups in total. The number of fused-ring (bicyclic) bond motifs is 1. The minimum atomic E-state index is -0.132. The predicted octanol–water partition coefficient (Wildman–Crippen LogP) is 2.99. The SMILES string of the molecule is CC(Nc1ccc2c(c1)CCC2)C(=O)N1CCCCC1. The van der Waals surface area contributed by atoms with E-state index in [1.54, 1.807) is 0 Å². The Morgan fingerprint density at radius 3 is 2.65 bits per heavy atom. The molecule has 1 aliphatic carbocycles. The maximum absolute atomic E-state index is 12.4. The lowest BCUT2D eigenvalue weighted by molar-refractivity contribution is -0.132. The number of anilines is 1. The van der Waals surface area contributed by atoms with E-state index in [1.165, 1.54) is 36.8 Å². The molecule has 1 aliphatic heterocycles. The number of carbonyl (C=O) groups is 1. The van der Waals surface area contributed by atoms with Crippen LogP contribution in [0.15, 0.2) is 18.2 Å². The lowest BCUT2D eigenvalue weighted by Gasteiger charge is -2.29. The molecule has 0 saturated carbocycles. The van der Waals surface area contributed by atoms with Crippen molar-refractivity contribution in [1.82, 2.24) is 4.90 Å². The normalized spacial score (nSPS) is 19.6. The van der Waals surface area contributed by atoms with Gasteiger partial charge < -0.3 is 10.2 Å². The maximum Gasteiger partial charge on any atom is 0.244 e. The van der Waals surface area contributed by atoms with Gasteiger partial charge in [0, 0.05) is 18.8 Å². The number of piperidine rings is 1. The molecular weight excluding hydrogens is 248 g/mol. The highest BCUT2D eigenvalue weighted by atomic mass is 16.2. The van der Waals surface area contributed by atoms with Crippen molar-refractivity contribution in [3.05, 3.63) is 29.3 Å². The van der Waals surface area contributed by atoms with E-state index in [1.807, 2.05) is 11.8 Å². The van der Waals surface area contributed by atoms with E-state index >= 15 is 0 Å². The van der Waals surface area contributed by atoms with Crippen molar-refractivity contribution in [2.24, 2.45) is 0 Å². The summed E-state index contributed by atoms with van der Waals surface area (Å²) < 4.78 is 0. The molecule has 1 atom stereocenters. The Bertz CT molecular complexity index is 492. The van der Waals surface area contributed by atoms with Crippen LogP contribution in [0.25, 0.3) is 0 Å². The molecule has 3 rings (SSSR count). The summed E-state index contributed by atoms with van der Waals surface area (Å²) in [6.07, 6.45) is 7.21. The van der Waals surface area contributed by atoms with Crippen molar-refractivity contribution in [2.45, 2.75) is 51.5 Å². The number of hydrogen-bond acceptors (Lipinski definition) is 2. The Balaban J connectivity index is 1.63. The van der Waals surface area contributed by atoms with Gasteiger partial charge in [0.2, 0.25) is 5.91 Å². The van der Waals surface area contributed by atoms with E-state index in [4.69, 9.17) is 0 Å². The van der Waals surface area contributed by atoms with E-state index < -0.39 is 0 Å². The third-order valence-electron chi connectivity index (χ3n) is 4.52. The molecule has 108 valence electrons. The van der Waals surface area contributed by atoms with E-state index in [9.17, 15) is 4.79 Å². The van der Waals surface area contributed by atoms with Crippen LogP contribution in [-0.4, -0.2) is 29.9 Å². The largest absolute Gasteiger partial charge is 0.374 e. The van der Waals surface area contributed by atoms with Gasteiger partial charge in [-0.15, -0.1) is 0 Å². The maximum atomic E-state index is 12.4. The summed E-state index contributed by atoms with van der Waals surface area (Å²) in [5, 5.41) is 3.38. The Hall–Kier alpha value is -1.51. The van der Waals surface area contributed by atoms with Gasteiger partial charge in [-0.3, -0.25) is 4.79 Å². The van der Waals surface area contributed by atoms with Crippen molar-refractivity contribution in [2.75, 3.05) is 18.4 Å². The minimum Gasteiger partial charge on any atom is -0.374 e. The van der Waals surface area contributed by atoms with Crippen LogP contribution < -0.4 is 5.32 Å². The summed E-state index contributed by atoms with van der Waals surface area (Å²) in [6.45, 7) is 3.83. The lowest BCUT2D eigenvalue weighted by atomic mass is 10.1. The second-order valence-corrected chi connectivity index (χ2v) is 6.09. The average molecular weight is 272 g/mol. The first-order chi connectivity index (χ1) is 9.74. The standard InChI is InChI=1S/C17H24N2O/c1-13(17(20)19-10-3-2-4-11-19)18-16-9-8-14-6-5-7-15(14)12-16/h8-9,12-13,18H,2-7,10-11H2,1H3. The number of aryl methyl sites for hydroxylation is 2. The Labute approximate surface area is 121 Å². The smallest absolute Gasteiger partial charge is 0.244 e. The highest BCUT2D eigenvalue weighted by Gasteiger charge is 2.22. The quantitative estimate of drug-likeness (QED) is 0.917. The molecule has 0 aromatic heterocycles. The van der Waals surface area contributed by atoms with Gasteiger partial charge in [-0.2, -0.15) is 0 Å². The van der Waals surface area contributed by atoms with Crippen molar-refractivity contribution in [3.8, 4) is 0 Å². The highest BCUT2D eigenvalue weighted by molar-refractivity contribution is 5.84. The lowest BCUT2D eigenvalue weighted by Crippen LogP contribution is -2.43. The van der Waals surface area contributed by atoms with Gasteiger partial charge in [0.1, 0.15) is 6.04 Å². The van der Waals surface area contributed by atoms with Crippen LogP contribution in [0, 0.1) is 0 Å². The first kappa shape index (κ1) is 13.5.